The minimum Gasteiger partial charge on any atom is -0.449 e. The molecule has 1 unspecified atom stereocenters. The maximum Gasteiger partial charge on any atom is 0.331 e. The molecule has 5 heteroatoms. The van der Waals surface area contributed by atoms with Crippen LogP contribution in [-0.4, -0.2) is 24.0 Å². The van der Waals surface area contributed by atoms with Gasteiger partial charge in [-0.3, -0.25) is 4.79 Å². The lowest BCUT2D eigenvalue weighted by molar-refractivity contribution is -0.150. The Hall–Kier alpha value is -2.17. The summed E-state index contributed by atoms with van der Waals surface area (Å²) < 4.78 is 18.0. The summed E-state index contributed by atoms with van der Waals surface area (Å²) in [5.41, 5.74) is 0.556. The van der Waals surface area contributed by atoms with Crippen LogP contribution in [0.3, 0.4) is 0 Å². The van der Waals surface area contributed by atoms with E-state index in [0.29, 0.717) is 5.56 Å². The average Bonchev–Trinajstić information content (AvgIpc) is 2.98. The summed E-state index contributed by atoms with van der Waals surface area (Å²) >= 11 is 0. The first-order chi connectivity index (χ1) is 10.5. The van der Waals surface area contributed by atoms with E-state index in [0.717, 1.165) is 25.7 Å². The highest BCUT2D eigenvalue weighted by atomic mass is 19.1. The number of nitrogens with one attached hydrogen (secondary N) is 1. The Kier molecular flexibility index (Phi) is 5.69. The van der Waals surface area contributed by atoms with Crippen molar-refractivity contribution in [1.29, 1.82) is 0 Å². The first-order valence-electron chi connectivity index (χ1n) is 7.49. The van der Waals surface area contributed by atoms with Gasteiger partial charge < -0.3 is 10.1 Å². The van der Waals surface area contributed by atoms with E-state index in [1.165, 1.54) is 31.2 Å². The van der Waals surface area contributed by atoms with E-state index in [1.807, 2.05) is 0 Å². The van der Waals surface area contributed by atoms with Crippen molar-refractivity contribution in [2.24, 2.45) is 0 Å². The van der Waals surface area contributed by atoms with Gasteiger partial charge in [-0.1, -0.05) is 25.0 Å². The van der Waals surface area contributed by atoms with Crippen molar-refractivity contribution in [3.05, 3.63) is 41.7 Å². The monoisotopic (exact) mass is 305 g/mol. The fourth-order valence-electron chi connectivity index (χ4n) is 2.43. The summed E-state index contributed by atoms with van der Waals surface area (Å²) in [5.74, 6) is -1.28. The summed E-state index contributed by atoms with van der Waals surface area (Å²) in [5, 5.41) is 2.88. The Balaban J connectivity index is 1.81. The zero-order chi connectivity index (χ0) is 15.9. The molecule has 1 N–H and O–H groups in total. The molecule has 0 aliphatic heterocycles. The van der Waals surface area contributed by atoms with Crippen LogP contribution in [0.15, 0.2) is 30.3 Å². The number of hydrogen-bond donors (Lipinski definition) is 1. The van der Waals surface area contributed by atoms with Gasteiger partial charge in [-0.15, -0.1) is 0 Å². The second-order valence-electron chi connectivity index (χ2n) is 5.46. The van der Waals surface area contributed by atoms with Gasteiger partial charge in [0.25, 0.3) is 5.91 Å². The standard InChI is InChI=1S/C17H20FNO3/c1-12(17(21)19-15-7-2-3-8-15)22-16(20)10-9-13-5-4-6-14(18)11-13/h4-6,9-12,15H,2-3,7-8H2,1H3,(H,19,21)/b10-9+. The van der Waals surface area contributed by atoms with E-state index >= 15 is 0 Å². The zero-order valence-corrected chi connectivity index (χ0v) is 12.5. The highest BCUT2D eigenvalue weighted by molar-refractivity contribution is 5.90. The van der Waals surface area contributed by atoms with E-state index in [4.69, 9.17) is 4.74 Å². The summed E-state index contributed by atoms with van der Waals surface area (Å²) in [6.07, 6.45) is 5.99. The third-order valence-electron chi connectivity index (χ3n) is 3.62. The van der Waals surface area contributed by atoms with Crippen LogP contribution >= 0.6 is 0 Å². The molecule has 4 nitrogen and oxygen atoms in total. The lowest BCUT2D eigenvalue weighted by Crippen LogP contribution is -2.40. The van der Waals surface area contributed by atoms with Crippen LogP contribution in [0.1, 0.15) is 38.2 Å². The number of benzene rings is 1. The van der Waals surface area contributed by atoms with Crippen molar-refractivity contribution >= 4 is 18.0 Å². The lowest BCUT2D eigenvalue weighted by atomic mass is 10.2. The molecule has 0 aromatic heterocycles. The van der Waals surface area contributed by atoms with Crippen LogP contribution in [0.25, 0.3) is 6.08 Å². The Morgan fingerprint density at radius 3 is 2.77 bits per heavy atom. The van der Waals surface area contributed by atoms with Gasteiger partial charge in [0.2, 0.25) is 0 Å². The minimum atomic E-state index is -0.842. The van der Waals surface area contributed by atoms with E-state index in [9.17, 15) is 14.0 Å². The number of carbonyl (C=O) groups is 2. The molecule has 2 rings (SSSR count). The quantitative estimate of drug-likeness (QED) is 0.672. The third kappa shape index (κ3) is 4.98. The third-order valence-corrected chi connectivity index (χ3v) is 3.62. The van der Waals surface area contributed by atoms with Crippen molar-refractivity contribution in [2.75, 3.05) is 0 Å². The molecule has 1 aliphatic rings. The first kappa shape index (κ1) is 16.2. The SMILES string of the molecule is CC(OC(=O)/C=C/c1cccc(F)c1)C(=O)NC1CCCC1. The highest BCUT2D eigenvalue weighted by Gasteiger charge is 2.22. The molecule has 0 bridgehead atoms. The molecule has 1 amide bonds. The van der Waals surface area contributed by atoms with Gasteiger partial charge in [0.1, 0.15) is 5.82 Å². The second-order valence-corrected chi connectivity index (χ2v) is 5.46. The molecule has 0 spiro atoms. The largest absolute Gasteiger partial charge is 0.449 e. The Morgan fingerprint density at radius 1 is 1.36 bits per heavy atom. The van der Waals surface area contributed by atoms with E-state index < -0.39 is 12.1 Å². The molecule has 118 valence electrons. The zero-order valence-electron chi connectivity index (χ0n) is 12.5. The maximum atomic E-state index is 13.0. The van der Waals surface area contributed by atoms with Crippen molar-refractivity contribution in [3.8, 4) is 0 Å². The molecule has 0 heterocycles. The molecule has 0 radical (unpaired) electrons. The van der Waals surface area contributed by atoms with Crippen molar-refractivity contribution in [1.82, 2.24) is 5.32 Å². The van der Waals surface area contributed by atoms with Gasteiger partial charge in [-0.05, 0) is 43.5 Å². The Labute approximate surface area is 129 Å². The molecule has 1 atom stereocenters. The van der Waals surface area contributed by atoms with Crippen LogP contribution in [0.2, 0.25) is 0 Å². The van der Waals surface area contributed by atoms with Crippen molar-refractivity contribution in [2.45, 2.75) is 44.8 Å². The van der Waals surface area contributed by atoms with Crippen LogP contribution in [0.4, 0.5) is 4.39 Å². The van der Waals surface area contributed by atoms with Crippen LogP contribution in [0.5, 0.6) is 0 Å². The number of ether oxygens (including phenoxy) is 1. The number of amides is 1. The fraction of sp³-hybridized carbons (Fsp3) is 0.412. The summed E-state index contributed by atoms with van der Waals surface area (Å²) in [4.78, 5) is 23.6. The van der Waals surface area contributed by atoms with Crippen LogP contribution < -0.4 is 5.32 Å². The highest BCUT2D eigenvalue weighted by Crippen LogP contribution is 2.17. The number of carbonyl (C=O) groups excluding carboxylic acids is 2. The lowest BCUT2D eigenvalue weighted by Gasteiger charge is -2.16. The predicted molar refractivity (Wildman–Crippen MR) is 81.4 cm³/mol. The molecule has 1 aliphatic carbocycles. The Bertz CT molecular complexity index is 565. The molecule has 1 fully saturated rings. The fourth-order valence-corrected chi connectivity index (χ4v) is 2.43. The Morgan fingerprint density at radius 2 is 2.09 bits per heavy atom. The predicted octanol–water partition coefficient (Wildman–Crippen LogP) is 2.83. The molecule has 1 aromatic carbocycles. The van der Waals surface area contributed by atoms with Gasteiger partial charge in [-0.25, -0.2) is 9.18 Å². The first-order valence-corrected chi connectivity index (χ1v) is 7.49. The molecule has 1 aromatic rings. The van der Waals surface area contributed by atoms with Crippen LogP contribution in [-0.2, 0) is 14.3 Å². The van der Waals surface area contributed by atoms with Gasteiger partial charge >= 0.3 is 5.97 Å². The normalized spacial score (nSPS) is 16.6. The summed E-state index contributed by atoms with van der Waals surface area (Å²) in [6.45, 7) is 1.54. The van der Waals surface area contributed by atoms with Crippen molar-refractivity contribution < 1.29 is 18.7 Å². The van der Waals surface area contributed by atoms with Gasteiger partial charge in [-0.2, -0.15) is 0 Å². The number of halogens is 1. The van der Waals surface area contributed by atoms with E-state index in [1.54, 1.807) is 12.1 Å². The topological polar surface area (TPSA) is 55.4 Å². The van der Waals surface area contributed by atoms with Gasteiger partial charge in [0, 0.05) is 12.1 Å². The molecular formula is C17H20FNO3. The molecule has 1 saturated carbocycles. The number of rotatable bonds is 5. The smallest absolute Gasteiger partial charge is 0.331 e. The number of hydrogen-bond acceptors (Lipinski definition) is 3. The number of esters is 1. The summed E-state index contributed by atoms with van der Waals surface area (Å²) in [7, 11) is 0. The van der Waals surface area contributed by atoms with Gasteiger partial charge in [0.05, 0.1) is 0 Å². The van der Waals surface area contributed by atoms with Gasteiger partial charge in [0.15, 0.2) is 6.10 Å². The van der Waals surface area contributed by atoms with E-state index in [2.05, 4.69) is 5.32 Å². The van der Waals surface area contributed by atoms with Crippen molar-refractivity contribution in [3.63, 3.8) is 0 Å². The second kappa shape index (κ2) is 7.73. The average molecular weight is 305 g/mol. The molecule has 0 saturated heterocycles. The molecular weight excluding hydrogens is 285 g/mol. The summed E-state index contributed by atoms with van der Waals surface area (Å²) in [6, 6.07) is 6.04. The van der Waals surface area contributed by atoms with E-state index in [-0.39, 0.29) is 17.8 Å². The van der Waals surface area contributed by atoms with Crippen LogP contribution in [0, 0.1) is 5.82 Å². The minimum absolute atomic E-state index is 0.191. The molecule has 22 heavy (non-hydrogen) atoms. The maximum absolute atomic E-state index is 13.0.